The van der Waals surface area contributed by atoms with Crippen LogP contribution >= 0.6 is 0 Å². The number of urea groups is 2. The number of likely N-dealkylation sites (N-methyl/N-ethyl adjacent to an activating group) is 2. The standard InChI is InChI=1S/C39H42N4O9/c1-23-28(38(2)34(47)42(36(49)40(38)4)21-30(45)24-11-9-13-26(44)19-24)17-18-32(23)52-27-14-10-12-25(20-27)31(46)22-43-35(48)39(3,41(5)37(43)50)29-15-7-8-16-33(29)51-6/h7-16,19-20,23,28,32,44H,17-18,21-22H2,1-6H3. The van der Waals surface area contributed by atoms with Gasteiger partial charge in [-0.25, -0.2) is 9.59 Å². The molecule has 3 fully saturated rings. The van der Waals surface area contributed by atoms with Crippen molar-refractivity contribution in [3.8, 4) is 17.2 Å². The number of phenols is 1. The third-order valence-corrected chi connectivity index (χ3v) is 11.3. The summed E-state index contributed by atoms with van der Waals surface area (Å²) in [6.45, 7) is 4.37. The molecule has 2 aliphatic heterocycles. The molecule has 13 heteroatoms. The van der Waals surface area contributed by atoms with Crippen LogP contribution in [0.3, 0.4) is 0 Å². The molecule has 5 atom stereocenters. The molecule has 1 aliphatic carbocycles. The van der Waals surface area contributed by atoms with Gasteiger partial charge in [0, 0.05) is 30.8 Å². The number of rotatable bonds is 11. The van der Waals surface area contributed by atoms with Gasteiger partial charge in [-0.2, -0.15) is 0 Å². The first-order chi connectivity index (χ1) is 24.6. The first kappa shape index (κ1) is 36.1. The maximum absolute atomic E-state index is 13.9. The summed E-state index contributed by atoms with van der Waals surface area (Å²) in [7, 11) is 4.56. The van der Waals surface area contributed by atoms with E-state index >= 15 is 0 Å². The van der Waals surface area contributed by atoms with Gasteiger partial charge in [0.05, 0.1) is 20.2 Å². The number of aromatic hydroxyl groups is 1. The molecule has 0 aromatic heterocycles. The highest BCUT2D eigenvalue weighted by molar-refractivity contribution is 6.12. The number of methoxy groups -OCH3 is 1. The van der Waals surface area contributed by atoms with Crippen LogP contribution in [-0.4, -0.2) is 106 Å². The summed E-state index contributed by atoms with van der Waals surface area (Å²) < 4.78 is 11.9. The number of imide groups is 2. The molecule has 0 spiro atoms. The average molecular weight is 711 g/mol. The third kappa shape index (κ3) is 5.73. The Kier molecular flexibility index (Phi) is 9.33. The van der Waals surface area contributed by atoms with E-state index in [2.05, 4.69) is 0 Å². The number of benzene rings is 3. The molecule has 5 unspecified atom stereocenters. The minimum absolute atomic E-state index is 0.0926. The smallest absolute Gasteiger partial charge is 0.328 e. The normalized spacial score (nSPS) is 26.1. The van der Waals surface area contributed by atoms with Crippen LogP contribution in [0.25, 0.3) is 0 Å². The van der Waals surface area contributed by atoms with Crippen LogP contribution in [0.15, 0.2) is 72.8 Å². The Morgan fingerprint density at radius 3 is 2.04 bits per heavy atom. The number of carbonyl (C=O) groups excluding carboxylic acids is 6. The Bertz CT molecular complexity index is 1980. The first-order valence-electron chi connectivity index (χ1n) is 17.1. The summed E-state index contributed by atoms with van der Waals surface area (Å²) in [6.07, 6.45) is 0.779. The molecule has 0 radical (unpaired) electrons. The van der Waals surface area contributed by atoms with Crippen LogP contribution in [0, 0.1) is 11.8 Å². The Balaban J connectivity index is 1.13. The highest BCUT2D eigenvalue weighted by Gasteiger charge is 2.60. The van der Waals surface area contributed by atoms with Gasteiger partial charge in [0.25, 0.3) is 11.8 Å². The molecular formula is C39H42N4O9. The van der Waals surface area contributed by atoms with E-state index in [1.54, 1.807) is 69.4 Å². The number of ether oxygens (including phenoxy) is 2. The van der Waals surface area contributed by atoms with Crippen molar-refractivity contribution in [2.75, 3.05) is 34.3 Å². The second kappa shape index (κ2) is 13.4. The third-order valence-electron chi connectivity index (χ3n) is 11.3. The number of hydrogen-bond donors (Lipinski definition) is 1. The monoisotopic (exact) mass is 710 g/mol. The molecule has 1 saturated carbocycles. The summed E-state index contributed by atoms with van der Waals surface area (Å²) in [5, 5.41) is 9.78. The number of carbonyl (C=O) groups is 6. The molecule has 2 saturated heterocycles. The van der Waals surface area contributed by atoms with Crippen LogP contribution in [0.2, 0.25) is 0 Å². The minimum atomic E-state index is -1.38. The molecule has 3 aromatic carbocycles. The van der Waals surface area contributed by atoms with E-state index < -0.39 is 59.6 Å². The lowest BCUT2D eigenvalue weighted by molar-refractivity contribution is -0.135. The molecule has 1 N–H and O–H groups in total. The topological polar surface area (TPSA) is 154 Å². The largest absolute Gasteiger partial charge is 0.508 e. The SMILES string of the molecule is COc1ccccc1C1(C)C(=O)N(CC(=O)c2cccc(OC3CCC(C4(C)C(=O)N(CC(=O)c5cccc(O)c5)C(=O)N4C)C3C)c2)C(=O)N1C. The first-order valence-corrected chi connectivity index (χ1v) is 17.1. The summed E-state index contributed by atoms with van der Waals surface area (Å²) in [5.74, 6) is -1.68. The summed E-state index contributed by atoms with van der Waals surface area (Å²) in [4.78, 5) is 85.4. The molecule has 3 aliphatic rings. The van der Waals surface area contributed by atoms with Crippen molar-refractivity contribution in [2.24, 2.45) is 11.8 Å². The van der Waals surface area contributed by atoms with Gasteiger partial charge in [-0.1, -0.05) is 49.4 Å². The van der Waals surface area contributed by atoms with E-state index in [0.717, 1.165) is 9.80 Å². The van der Waals surface area contributed by atoms with Crippen molar-refractivity contribution < 1.29 is 43.3 Å². The van der Waals surface area contributed by atoms with Gasteiger partial charge in [0.15, 0.2) is 11.6 Å². The second-order valence-electron chi connectivity index (χ2n) is 14.0. The van der Waals surface area contributed by atoms with Crippen molar-refractivity contribution in [2.45, 2.75) is 50.8 Å². The van der Waals surface area contributed by atoms with E-state index in [-0.39, 0.29) is 34.8 Å². The summed E-state index contributed by atoms with van der Waals surface area (Å²) >= 11 is 0. The lowest BCUT2D eigenvalue weighted by Crippen LogP contribution is -2.53. The number of ketones is 2. The van der Waals surface area contributed by atoms with E-state index in [9.17, 15) is 33.9 Å². The van der Waals surface area contributed by atoms with Gasteiger partial charge < -0.3 is 24.4 Å². The Labute approximate surface area is 301 Å². The van der Waals surface area contributed by atoms with Crippen molar-refractivity contribution in [3.63, 3.8) is 0 Å². The predicted molar refractivity (Wildman–Crippen MR) is 188 cm³/mol. The molecule has 3 aromatic rings. The maximum Gasteiger partial charge on any atom is 0.328 e. The number of nitrogens with zero attached hydrogens (tertiary/aromatic N) is 4. The van der Waals surface area contributed by atoms with Gasteiger partial charge in [-0.15, -0.1) is 0 Å². The van der Waals surface area contributed by atoms with Crippen LogP contribution in [0.5, 0.6) is 17.2 Å². The van der Waals surface area contributed by atoms with Crippen LogP contribution in [0.4, 0.5) is 9.59 Å². The van der Waals surface area contributed by atoms with Crippen molar-refractivity contribution in [1.82, 2.24) is 19.6 Å². The zero-order valence-corrected chi connectivity index (χ0v) is 30.0. The van der Waals surface area contributed by atoms with Gasteiger partial charge in [-0.05, 0) is 68.9 Å². The fourth-order valence-corrected chi connectivity index (χ4v) is 7.93. The number of amides is 6. The van der Waals surface area contributed by atoms with Gasteiger partial charge in [0.1, 0.15) is 34.4 Å². The number of phenolic OH excluding ortho intramolecular Hbond substituents is 1. The average Bonchev–Trinajstić information content (AvgIpc) is 3.64. The fraction of sp³-hybridized carbons (Fsp3) is 0.385. The fourth-order valence-electron chi connectivity index (χ4n) is 7.93. The molecule has 13 nitrogen and oxygen atoms in total. The Morgan fingerprint density at radius 2 is 1.38 bits per heavy atom. The van der Waals surface area contributed by atoms with Gasteiger partial charge in [-0.3, -0.25) is 29.0 Å². The lowest BCUT2D eigenvalue weighted by Gasteiger charge is -2.37. The molecule has 0 bridgehead atoms. The number of para-hydroxylation sites is 1. The Morgan fingerprint density at radius 1 is 0.788 bits per heavy atom. The van der Waals surface area contributed by atoms with Crippen LogP contribution in [-0.2, 0) is 15.1 Å². The molecule has 52 heavy (non-hydrogen) atoms. The Hall–Kier alpha value is -5.72. The quantitative estimate of drug-likeness (QED) is 0.220. The minimum Gasteiger partial charge on any atom is -0.508 e. The molecule has 272 valence electrons. The maximum atomic E-state index is 13.9. The molecule has 2 heterocycles. The molecular weight excluding hydrogens is 668 g/mol. The zero-order chi connectivity index (χ0) is 37.7. The summed E-state index contributed by atoms with van der Waals surface area (Å²) in [5.41, 5.74) is -1.66. The zero-order valence-electron chi connectivity index (χ0n) is 30.0. The van der Waals surface area contributed by atoms with Crippen LogP contribution in [0.1, 0.15) is 59.9 Å². The number of Topliss-reactive ketones (excluding diaryl/α,β-unsaturated/α-hetero) is 2. The summed E-state index contributed by atoms with van der Waals surface area (Å²) in [6, 6.07) is 18.1. The van der Waals surface area contributed by atoms with Gasteiger partial charge in [0.2, 0.25) is 0 Å². The van der Waals surface area contributed by atoms with E-state index in [4.69, 9.17) is 9.47 Å². The van der Waals surface area contributed by atoms with E-state index in [1.165, 1.54) is 48.2 Å². The van der Waals surface area contributed by atoms with E-state index in [1.807, 2.05) is 6.92 Å². The highest BCUT2D eigenvalue weighted by atomic mass is 16.5. The van der Waals surface area contributed by atoms with Crippen molar-refractivity contribution in [1.29, 1.82) is 0 Å². The van der Waals surface area contributed by atoms with Gasteiger partial charge >= 0.3 is 12.1 Å². The van der Waals surface area contributed by atoms with Crippen LogP contribution < -0.4 is 9.47 Å². The second-order valence-corrected chi connectivity index (χ2v) is 14.0. The van der Waals surface area contributed by atoms with E-state index in [0.29, 0.717) is 29.9 Å². The molecule has 6 rings (SSSR count). The van der Waals surface area contributed by atoms with Crippen molar-refractivity contribution in [3.05, 3.63) is 89.5 Å². The lowest BCUT2D eigenvalue weighted by atomic mass is 9.78. The highest BCUT2D eigenvalue weighted by Crippen LogP contribution is 2.46. The molecule has 6 amide bonds. The van der Waals surface area contributed by atoms with Crippen molar-refractivity contribution >= 4 is 35.4 Å². The predicted octanol–water partition coefficient (Wildman–Crippen LogP) is 4.72. The number of hydrogen-bond acceptors (Lipinski definition) is 9.